The largest absolute Gasteiger partial charge is 0.494 e. The van der Waals surface area contributed by atoms with E-state index in [0.717, 1.165) is 5.75 Å². The van der Waals surface area contributed by atoms with Gasteiger partial charge in [-0.2, -0.15) is 0 Å². The van der Waals surface area contributed by atoms with E-state index in [1.807, 2.05) is 19.9 Å². The molecule has 1 N–H and O–H groups in total. The average molecular weight is 432 g/mol. The van der Waals surface area contributed by atoms with Gasteiger partial charge in [0.25, 0.3) is 0 Å². The summed E-state index contributed by atoms with van der Waals surface area (Å²) in [7, 11) is 0. The normalized spacial score (nSPS) is 17.6. The Bertz CT molecular complexity index is 918. The standard InChI is InChI=1S/C21H22ClN3O3S/c1-3-25-20(27)18(29-21(25)24-16-7-5-6-14(22)12-16)13-19(26)23-15-8-10-17(11-9-15)28-4-2/h5-12,18H,3-4,13H2,1-2H3,(H,23,26)/t18-/m1/s1. The summed E-state index contributed by atoms with van der Waals surface area (Å²) in [6.07, 6.45) is 0.0712. The predicted molar refractivity (Wildman–Crippen MR) is 118 cm³/mol. The molecule has 1 aliphatic heterocycles. The third-order valence-electron chi connectivity index (χ3n) is 4.19. The summed E-state index contributed by atoms with van der Waals surface area (Å²) in [6.45, 7) is 4.87. The molecule has 2 aromatic rings. The van der Waals surface area contributed by atoms with E-state index in [2.05, 4.69) is 10.3 Å². The lowest BCUT2D eigenvalue weighted by Gasteiger charge is -2.13. The Labute approximate surface area is 179 Å². The van der Waals surface area contributed by atoms with E-state index >= 15 is 0 Å². The van der Waals surface area contributed by atoms with E-state index in [4.69, 9.17) is 16.3 Å². The Morgan fingerprint density at radius 3 is 2.66 bits per heavy atom. The van der Waals surface area contributed by atoms with Crippen molar-refractivity contribution in [2.45, 2.75) is 25.5 Å². The molecule has 0 spiro atoms. The van der Waals surface area contributed by atoms with E-state index < -0.39 is 5.25 Å². The van der Waals surface area contributed by atoms with Crippen LogP contribution in [0.2, 0.25) is 5.02 Å². The molecule has 0 saturated carbocycles. The lowest BCUT2D eigenvalue weighted by atomic mass is 10.2. The molecule has 0 aromatic heterocycles. The molecular weight excluding hydrogens is 410 g/mol. The van der Waals surface area contributed by atoms with Crippen molar-refractivity contribution < 1.29 is 14.3 Å². The number of carbonyl (C=O) groups is 2. The van der Waals surface area contributed by atoms with E-state index in [0.29, 0.717) is 34.7 Å². The minimum atomic E-state index is -0.504. The number of aliphatic imine (C=N–C) groups is 1. The SMILES string of the molecule is CCOc1ccc(NC(=O)C[C@H]2SC(=Nc3cccc(Cl)c3)N(CC)C2=O)cc1. The fraction of sp³-hybridized carbons (Fsp3) is 0.286. The number of hydrogen-bond acceptors (Lipinski definition) is 5. The molecule has 6 nitrogen and oxygen atoms in total. The summed E-state index contributed by atoms with van der Waals surface area (Å²) in [5, 5.41) is 3.48. The number of amides is 2. The van der Waals surface area contributed by atoms with Crippen LogP contribution >= 0.6 is 23.4 Å². The molecule has 1 heterocycles. The summed E-state index contributed by atoms with van der Waals surface area (Å²) >= 11 is 7.32. The van der Waals surface area contributed by atoms with Gasteiger partial charge in [0, 0.05) is 23.7 Å². The van der Waals surface area contributed by atoms with Gasteiger partial charge in [-0.1, -0.05) is 29.4 Å². The third kappa shape index (κ3) is 5.52. The second kappa shape index (κ2) is 9.80. The highest BCUT2D eigenvalue weighted by Crippen LogP contribution is 2.32. The average Bonchev–Trinajstić information content (AvgIpc) is 2.97. The zero-order valence-electron chi connectivity index (χ0n) is 16.2. The van der Waals surface area contributed by atoms with Gasteiger partial charge in [-0.15, -0.1) is 0 Å². The van der Waals surface area contributed by atoms with Crippen LogP contribution < -0.4 is 10.1 Å². The summed E-state index contributed by atoms with van der Waals surface area (Å²) in [4.78, 5) is 31.3. The smallest absolute Gasteiger partial charge is 0.242 e. The molecular formula is C21H22ClN3O3S. The van der Waals surface area contributed by atoms with E-state index in [9.17, 15) is 9.59 Å². The number of ether oxygens (including phenoxy) is 1. The fourth-order valence-electron chi connectivity index (χ4n) is 2.85. The Morgan fingerprint density at radius 1 is 1.24 bits per heavy atom. The number of hydrogen-bond donors (Lipinski definition) is 1. The number of halogens is 1. The lowest BCUT2D eigenvalue weighted by molar-refractivity contribution is -0.128. The van der Waals surface area contributed by atoms with Crippen molar-refractivity contribution in [1.82, 2.24) is 4.90 Å². The second-order valence-corrected chi connectivity index (χ2v) is 7.88. The van der Waals surface area contributed by atoms with Crippen LogP contribution in [0, 0.1) is 0 Å². The maximum Gasteiger partial charge on any atom is 0.242 e. The van der Waals surface area contributed by atoms with E-state index in [1.54, 1.807) is 47.4 Å². The Hall–Kier alpha value is -2.51. The van der Waals surface area contributed by atoms with Crippen LogP contribution in [0.15, 0.2) is 53.5 Å². The van der Waals surface area contributed by atoms with Gasteiger partial charge in [-0.25, -0.2) is 4.99 Å². The van der Waals surface area contributed by atoms with Gasteiger partial charge >= 0.3 is 0 Å². The first-order chi connectivity index (χ1) is 14.0. The molecule has 29 heavy (non-hydrogen) atoms. The number of nitrogens with zero attached hydrogens (tertiary/aromatic N) is 2. The van der Waals surface area contributed by atoms with Gasteiger partial charge < -0.3 is 10.1 Å². The third-order valence-corrected chi connectivity index (χ3v) is 5.60. The van der Waals surface area contributed by atoms with Crippen LogP contribution in [0.1, 0.15) is 20.3 Å². The van der Waals surface area contributed by atoms with Gasteiger partial charge in [0.05, 0.1) is 12.3 Å². The molecule has 0 radical (unpaired) electrons. The maximum atomic E-state index is 12.7. The summed E-state index contributed by atoms with van der Waals surface area (Å²) in [6, 6.07) is 14.3. The molecule has 0 aliphatic carbocycles. The topological polar surface area (TPSA) is 71.0 Å². The van der Waals surface area contributed by atoms with Crippen LogP contribution in [0.5, 0.6) is 5.75 Å². The summed E-state index contributed by atoms with van der Waals surface area (Å²) < 4.78 is 5.39. The molecule has 1 atom stereocenters. The van der Waals surface area contributed by atoms with Gasteiger partial charge in [0.2, 0.25) is 11.8 Å². The van der Waals surface area contributed by atoms with E-state index in [-0.39, 0.29) is 18.2 Å². The molecule has 152 valence electrons. The van der Waals surface area contributed by atoms with Crippen molar-refractivity contribution in [2.75, 3.05) is 18.5 Å². The van der Waals surface area contributed by atoms with E-state index in [1.165, 1.54) is 11.8 Å². The predicted octanol–water partition coefficient (Wildman–Crippen LogP) is 4.72. The number of nitrogens with one attached hydrogen (secondary N) is 1. The molecule has 3 rings (SSSR count). The second-order valence-electron chi connectivity index (χ2n) is 6.27. The lowest BCUT2D eigenvalue weighted by Crippen LogP contribution is -2.33. The molecule has 0 bridgehead atoms. The zero-order chi connectivity index (χ0) is 20.8. The first kappa shape index (κ1) is 21.2. The van der Waals surface area contributed by atoms with Gasteiger partial charge in [0.1, 0.15) is 11.0 Å². The maximum absolute atomic E-state index is 12.7. The highest BCUT2D eigenvalue weighted by molar-refractivity contribution is 8.15. The minimum absolute atomic E-state index is 0.0712. The molecule has 0 unspecified atom stereocenters. The molecule has 2 aromatic carbocycles. The molecule has 1 aliphatic rings. The number of rotatable bonds is 7. The van der Waals surface area contributed by atoms with Crippen molar-refractivity contribution in [1.29, 1.82) is 0 Å². The Balaban J connectivity index is 1.66. The van der Waals surface area contributed by atoms with Gasteiger partial charge in [-0.05, 0) is 56.3 Å². The van der Waals surface area contributed by atoms with Gasteiger partial charge in [-0.3, -0.25) is 14.5 Å². The van der Waals surface area contributed by atoms with Crippen LogP contribution in [-0.4, -0.2) is 40.3 Å². The van der Waals surface area contributed by atoms with Crippen molar-refractivity contribution in [3.05, 3.63) is 53.6 Å². The van der Waals surface area contributed by atoms with Crippen LogP contribution in [0.25, 0.3) is 0 Å². The van der Waals surface area contributed by atoms with Crippen LogP contribution in [0.4, 0.5) is 11.4 Å². The number of carbonyl (C=O) groups excluding carboxylic acids is 2. The van der Waals surface area contributed by atoms with Crippen molar-refractivity contribution in [2.24, 2.45) is 4.99 Å². The Kier molecular flexibility index (Phi) is 7.17. The highest BCUT2D eigenvalue weighted by Gasteiger charge is 2.38. The number of benzene rings is 2. The number of thioether (sulfide) groups is 1. The number of amidine groups is 1. The van der Waals surface area contributed by atoms with Crippen molar-refractivity contribution in [3.8, 4) is 5.75 Å². The number of anilines is 1. The summed E-state index contributed by atoms with van der Waals surface area (Å²) in [5.74, 6) is 0.410. The zero-order valence-corrected chi connectivity index (χ0v) is 17.8. The Morgan fingerprint density at radius 2 is 2.00 bits per heavy atom. The first-order valence-corrected chi connectivity index (χ1v) is 10.6. The minimum Gasteiger partial charge on any atom is -0.494 e. The van der Waals surface area contributed by atoms with Crippen molar-refractivity contribution >= 4 is 51.7 Å². The monoisotopic (exact) mass is 431 g/mol. The van der Waals surface area contributed by atoms with Gasteiger partial charge in [0.15, 0.2) is 5.17 Å². The van der Waals surface area contributed by atoms with Crippen LogP contribution in [-0.2, 0) is 9.59 Å². The fourth-order valence-corrected chi connectivity index (χ4v) is 4.26. The molecule has 1 fully saturated rings. The molecule has 1 saturated heterocycles. The molecule has 2 amide bonds. The van der Waals surface area contributed by atoms with Crippen LogP contribution in [0.3, 0.4) is 0 Å². The molecule has 8 heteroatoms. The summed E-state index contributed by atoms with van der Waals surface area (Å²) in [5.41, 5.74) is 1.33. The highest BCUT2D eigenvalue weighted by atomic mass is 35.5. The first-order valence-electron chi connectivity index (χ1n) is 9.35. The van der Waals surface area contributed by atoms with Crippen molar-refractivity contribution in [3.63, 3.8) is 0 Å². The quantitative estimate of drug-likeness (QED) is 0.688.